The lowest BCUT2D eigenvalue weighted by Gasteiger charge is -2.18. The third-order valence-corrected chi connectivity index (χ3v) is 4.21. The van der Waals surface area contributed by atoms with Crippen molar-refractivity contribution in [3.8, 4) is 5.75 Å². The van der Waals surface area contributed by atoms with Crippen LogP contribution in [0.2, 0.25) is 0 Å². The number of hydrogen-bond acceptors (Lipinski definition) is 1. The van der Waals surface area contributed by atoms with Crippen LogP contribution in [-0.4, -0.2) is 7.11 Å². The van der Waals surface area contributed by atoms with E-state index >= 15 is 0 Å². The van der Waals surface area contributed by atoms with Gasteiger partial charge in [0, 0.05) is 0 Å². The molecule has 23 heavy (non-hydrogen) atoms. The maximum atomic E-state index is 5.36. The Bertz CT molecular complexity index is 719. The van der Waals surface area contributed by atoms with Crippen LogP contribution in [0.3, 0.4) is 0 Å². The average molecular weight is 302 g/mol. The average Bonchev–Trinajstić information content (AvgIpc) is 2.63. The Labute approximate surface area is 138 Å². The number of hydrogen-bond donors (Lipinski definition) is 0. The molecule has 0 bridgehead atoms. The van der Waals surface area contributed by atoms with Crippen LogP contribution in [-0.2, 0) is 12.8 Å². The highest BCUT2D eigenvalue weighted by atomic mass is 16.5. The van der Waals surface area contributed by atoms with Crippen LogP contribution in [0.1, 0.15) is 22.6 Å². The molecule has 0 N–H and O–H groups in total. The normalized spacial score (nSPS) is 11.9. The number of methoxy groups -OCH3 is 1. The fraction of sp³-hybridized carbons (Fsp3) is 0.182. The summed E-state index contributed by atoms with van der Waals surface area (Å²) in [5.74, 6) is 1.39. The maximum Gasteiger partial charge on any atom is 0.119 e. The zero-order chi connectivity index (χ0) is 15.9. The van der Waals surface area contributed by atoms with Crippen LogP contribution in [0.5, 0.6) is 5.75 Å². The first kappa shape index (κ1) is 15.4. The second-order valence-corrected chi connectivity index (χ2v) is 5.85. The molecular formula is C22H22O. The Kier molecular flexibility index (Phi) is 5.10. The van der Waals surface area contributed by atoms with Crippen molar-refractivity contribution < 1.29 is 4.74 Å². The van der Waals surface area contributed by atoms with Gasteiger partial charge in [0.05, 0.1) is 7.11 Å². The monoisotopic (exact) mass is 302 g/mol. The molecule has 3 aromatic carbocycles. The number of ether oxygens (including phenoxy) is 1. The van der Waals surface area contributed by atoms with E-state index in [-0.39, 0.29) is 0 Å². The van der Waals surface area contributed by atoms with Crippen molar-refractivity contribution in [2.24, 2.45) is 0 Å². The molecule has 0 aliphatic carbocycles. The van der Waals surface area contributed by atoms with E-state index in [9.17, 15) is 0 Å². The summed E-state index contributed by atoms with van der Waals surface area (Å²) in [6, 6.07) is 29.9. The maximum absolute atomic E-state index is 5.36. The first-order chi connectivity index (χ1) is 11.3. The highest BCUT2D eigenvalue weighted by Gasteiger charge is 2.13. The number of benzene rings is 3. The van der Waals surface area contributed by atoms with E-state index in [4.69, 9.17) is 4.74 Å². The van der Waals surface area contributed by atoms with Gasteiger partial charge in [-0.25, -0.2) is 0 Å². The molecule has 0 aliphatic heterocycles. The highest BCUT2D eigenvalue weighted by molar-refractivity contribution is 5.32. The van der Waals surface area contributed by atoms with Crippen molar-refractivity contribution in [3.63, 3.8) is 0 Å². The molecule has 0 aromatic heterocycles. The SMILES string of the molecule is COc1cccc(C[C@@H](Cc2ccccc2)c2ccccc2)c1. The minimum absolute atomic E-state index is 0.464. The van der Waals surface area contributed by atoms with Crippen molar-refractivity contribution in [3.05, 3.63) is 102 Å². The van der Waals surface area contributed by atoms with E-state index in [0.717, 1.165) is 18.6 Å². The van der Waals surface area contributed by atoms with Crippen LogP contribution in [0.25, 0.3) is 0 Å². The summed E-state index contributed by atoms with van der Waals surface area (Å²) >= 11 is 0. The van der Waals surface area contributed by atoms with E-state index in [1.165, 1.54) is 16.7 Å². The van der Waals surface area contributed by atoms with Gasteiger partial charge in [-0.05, 0) is 47.6 Å². The van der Waals surface area contributed by atoms with Gasteiger partial charge >= 0.3 is 0 Å². The Morgan fingerprint density at radius 3 is 2.00 bits per heavy atom. The zero-order valence-electron chi connectivity index (χ0n) is 13.5. The lowest BCUT2D eigenvalue weighted by molar-refractivity contribution is 0.414. The van der Waals surface area contributed by atoms with E-state index < -0.39 is 0 Å². The van der Waals surface area contributed by atoms with Gasteiger partial charge in [-0.2, -0.15) is 0 Å². The smallest absolute Gasteiger partial charge is 0.119 e. The molecule has 116 valence electrons. The molecule has 3 rings (SSSR count). The minimum Gasteiger partial charge on any atom is -0.497 e. The standard InChI is InChI=1S/C22H22O/c1-23-22-14-8-11-19(17-22)16-21(20-12-6-3-7-13-20)15-18-9-4-2-5-10-18/h2-14,17,21H,15-16H2,1H3/t21-/m1/s1. The largest absolute Gasteiger partial charge is 0.497 e. The molecule has 0 saturated carbocycles. The minimum atomic E-state index is 0.464. The third kappa shape index (κ3) is 4.23. The molecule has 0 spiro atoms. The zero-order valence-corrected chi connectivity index (χ0v) is 13.5. The van der Waals surface area contributed by atoms with Crippen molar-refractivity contribution in [2.45, 2.75) is 18.8 Å². The molecule has 0 amide bonds. The quantitative estimate of drug-likeness (QED) is 0.603. The molecule has 0 radical (unpaired) electrons. The van der Waals surface area contributed by atoms with Crippen molar-refractivity contribution in [1.29, 1.82) is 0 Å². The molecule has 0 heterocycles. The van der Waals surface area contributed by atoms with Gasteiger partial charge in [-0.15, -0.1) is 0 Å². The molecule has 0 fully saturated rings. The molecular weight excluding hydrogens is 280 g/mol. The fourth-order valence-electron chi connectivity index (χ4n) is 3.02. The predicted octanol–water partition coefficient (Wildman–Crippen LogP) is 5.26. The molecule has 0 saturated heterocycles. The topological polar surface area (TPSA) is 9.23 Å². The van der Waals surface area contributed by atoms with Crippen LogP contribution in [0.4, 0.5) is 0 Å². The molecule has 1 atom stereocenters. The molecule has 1 nitrogen and oxygen atoms in total. The Hall–Kier alpha value is -2.54. The first-order valence-electron chi connectivity index (χ1n) is 8.07. The lowest BCUT2D eigenvalue weighted by Crippen LogP contribution is -2.07. The van der Waals surface area contributed by atoms with Gasteiger partial charge in [0.1, 0.15) is 5.75 Å². The summed E-state index contributed by atoms with van der Waals surface area (Å²) in [4.78, 5) is 0. The third-order valence-electron chi connectivity index (χ3n) is 4.21. The molecule has 1 heteroatoms. The van der Waals surface area contributed by atoms with Gasteiger partial charge in [-0.3, -0.25) is 0 Å². The molecule has 0 unspecified atom stereocenters. The van der Waals surface area contributed by atoms with E-state index in [1.807, 2.05) is 6.07 Å². The summed E-state index contributed by atoms with van der Waals surface area (Å²) in [7, 11) is 1.72. The van der Waals surface area contributed by atoms with Crippen molar-refractivity contribution in [1.82, 2.24) is 0 Å². The van der Waals surface area contributed by atoms with Crippen molar-refractivity contribution >= 4 is 0 Å². The van der Waals surface area contributed by atoms with Crippen LogP contribution in [0.15, 0.2) is 84.9 Å². The summed E-state index contributed by atoms with van der Waals surface area (Å²) in [6.07, 6.45) is 2.05. The van der Waals surface area contributed by atoms with E-state index in [0.29, 0.717) is 5.92 Å². The van der Waals surface area contributed by atoms with Gasteiger partial charge < -0.3 is 4.74 Å². The second-order valence-electron chi connectivity index (χ2n) is 5.85. The summed E-state index contributed by atoms with van der Waals surface area (Å²) < 4.78 is 5.36. The molecule has 0 aliphatic rings. The summed E-state index contributed by atoms with van der Waals surface area (Å²) in [5.41, 5.74) is 4.08. The Morgan fingerprint density at radius 2 is 1.30 bits per heavy atom. The first-order valence-corrected chi connectivity index (χ1v) is 8.07. The van der Waals surface area contributed by atoms with Crippen LogP contribution in [0, 0.1) is 0 Å². The van der Waals surface area contributed by atoms with E-state index in [1.54, 1.807) is 7.11 Å². The molecule has 3 aromatic rings. The van der Waals surface area contributed by atoms with Crippen LogP contribution < -0.4 is 4.74 Å². The van der Waals surface area contributed by atoms with Crippen molar-refractivity contribution in [2.75, 3.05) is 7.11 Å². The lowest BCUT2D eigenvalue weighted by atomic mass is 9.87. The second kappa shape index (κ2) is 7.64. The van der Waals surface area contributed by atoms with Gasteiger partial charge in [0.2, 0.25) is 0 Å². The number of rotatable bonds is 6. The Balaban J connectivity index is 1.85. The fourth-order valence-corrected chi connectivity index (χ4v) is 3.02. The van der Waals surface area contributed by atoms with Gasteiger partial charge in [0.25, 0.3) is 0 Å². The summed E-state index contributed by atoms with van der Waals surface area (Å²) in [5, 5.41) is 0. The van der Waals surface area contributed by atoms with Gasteiger partial charge in [-0.1, -0.05) is 72.8 Å². The highest BCUT2D eigenvalue weighted by Crippen LogP contribution is 2.26. The van der Waals surface area contributed by atoms with Gasteiger partial charge in [0.15, 0.2) is 0 Å². The predicted molar refractivity (Wildman–Crippen MR) is 96.0 cm³/mol. The van der Waals surface area contributed by atoms with E-state index in [2.05, 4.69) is 78.9 Å². The Morgan fingerprint density at radius 1 is 0.696 bits per heavy atom. The van der Waals surface area contributed by atoms with Crippen LogP contribution >= 0.6 is 0 Å². The summed E-state index contributed by atoms with van der Waals surface area (Å²) in [6.45, 7) is 0.